The van der Waals surface area contributed by atoms with Crippen molar-refractivity contribution < 1.29 is 18.8 Å². The molecule has 7 nitrogen and oxygen atoms in total. The lowest BCUT2D eigenvalue weighted by molar-refractivity contribution is -0.914. The van der Waals surface area contributed by atoms with Crippen LogP contribution >= 0.6 is 11.3 Å². The molecule has 0 unspecified atom stereocenters. The highest BCUT2D eigenvalue weighted by Gasteiger charge is 2.36. The van der Waals surface area contributed by atoms with E-state index in [1.807, 2.05) is 12.1 Å². The molecule has 1 saturated heterocycles. The number of rotatable bonds is 4. The van der Waals surface area contributed by atoms with E-state index in [1.54, 1.807) is 24.7 Å². The normalized spacial score (nSPS) is 16.8. The molecule has 1 fully saturated rings. The summed E-state index contributed by atoms with van der Waals surface area (Å²) in [4.78, 5) is 7.40. The quantitative estimate of drug-likeness (QED) is 0.585. The first-order valence-electron chi connectivity index (χ1n) is 8.31. The van der Waals surface area contributed by atoms with Gasteiger partial charge in [0.15, 0.2) is 17.6 Å². The van der Waals surface area contributed by atoms with Crippen LogP contribution in [0.5, 0.6) is 5.88 Å². The van der Waals surface area contributed by atoms with Gasteiger partial charge in [0.2, 0.25) is 16.7 Å². The average molecular weight is 357 g/mol. The molecule has 4 aromatic rings. The van der Waals surface area contributed by atoms with E-state index in [9.17, 15) is 5.11 Å². The van der Waals surface area contributed by atoms with Gasteiger partial charge in [-0.1, -0.05) is 11.3 Å². The van der Waals surface area contributed by atoms with Gasteiger partial charge < -0.3 is 18.8 Å². The molecule has 0 bridgehead atoms. The van der Waals surface area contributed by atoms with Crippen LogP contribution in [0.25, 0.3) is 16.5 Å². The van der Waals surface area contributed by atoms with E-state index in [2.05, 4.69) is 10.1 Å². The third kappa shape index (κ3) is 2.37. The third-order valence-corrected chi connectivity index (χ3v) is 5.77. The zero-order valence-corrected chi connectivity index (χ0v) is 14.2. The highest BCUT2D eigenvalue weighted by atomic mass is 32.1. The highest BCUT2D eigenvalue weighted by molar-refractivity contribution is 7.17. The third-order valence-electron chi connectivity index (χ3n) is 4.69. The Hall–Kier alpha value is -2.58. The van der Waals surface area contributed by atoms with Crippen molar-refractivity contribution in [2.24, 2.45) is 0 Å². The van der Waals surface area contributed by atoms with Crippen molar-refractivity contribution >= 4 is 16.3 Å². The van der Waals surface area contributed by atoms with Crippen LogP contribution in [-0.4, -0.2) is 32.8 Å². The summed E-state index contributed by atoms with van der Waals surface area (Å²) in [5, 5.41) is 15.2. The number of likely N-dealkylation sites (tertiary alicyclic amines) is 1. The number of thiazole rings is 1. The number of hydrogen-bond acceptors (Lipinski definition) is 6. The molecular formula is C17H17N4O3S+. The summed E-state index contributed by atoms with van der Waals surface area (Å²) < 4.78 is 12.5. The second-order valence-electron chi connectivity index (χ2n) is 6.21. The Morgan fingerprint density at radius 1 is 1.16 bits per heavy atom. The van der Waals surface area contributed by atoms with E-state index >= 15 is 0 Å². The van der Waals surface area contributed by atoms with Crippen molar-refractivity contribution in [3.05, 3.63) is 47.4 Å². The second-order valence-corrected chi connectivity index (χ2v) is 7.22. The lowest BCUT2D eigenvalue weighted by atomic mass is 10.1. The molecule has 5 rings (SSSR count). The van der Waals surface area contributed by atoms with Crippen LogP contribution in [0.3, 0.4) is 0 Å². The predicted octanol–water partition coefficient (Wildman–Crippen LogP) is 2.12. The van der Waals surface area contributed by atoms with Crippen LogP contribution in [0.2, 0.25) is 0 Å². The summed E-state index contributed by atoms with van der Waals surface area (Å²) in [6, 6.07) is 7.43. The number of aromatic nitrogens is 3. The number of aromatic hydroxyl groups is 1. The molecule has 25 heavy (non-hydrogen) atoms. The van der Waals surface area contributed by atoms with Crippen molar-refractivity contribution in [1.29, 1.82) is 0 Å². The molecule has 0 aromatic carbocycles. The van der Waals surface area contributed by atoms with Gasteiger partial charge in [0.05, 0.1) is 25.6 Å². The summed E-state index contributed by atoms with van der Waals surface area (Å²) in [7, 11) is 0. The number of fused-ring (bicyclic) bond motifs is 1. The summed E-state index contributed by atoms with van der Waals surface area (Å²) in [5.41, 5.74) is 0. The Bertz CT molecular complexity index is 981. The van der Waals surface area contributed by atoms with Gasteiger partial charge in [0.25, 0.3) is 0 Å². The Labute approximate surface area is 147 Å². The van der Waals surface area contributed by atoms with E-state index in [0.717, 1.165) is 23.7 Å². The molecular weight excluding hydrogens is 340 g/mol. The van der Waals surface area contributed by atoms with Crippen LogP contribution < -0.4 is 4.90 Å². The molecule has 1 aliphatic heterocycles. The number of hydrogen-bond donors (Lipinski definition) is 2. The molecule has 1 atom stereocenters. The fourth-order valence-electron chi connectivity index (χ4n) is 3.54. The topological polar surface area (TPSA) is 81.1 Å². The number of nitrogens with zero attached hydrogens (tertiary/aromatic N) is 3. The Morgan fingerprint density at radius 3 is 2.64 bits per heavy atom. The van der Waals surface area contributed by atoms with Crippen LogP contribution in [0.15, 0.2) is 45.6 Å². The minimum Gasteiger partial charge on any atom is -0.492 e. The summed E-state index contributed by atoms with van der Waals surface area (Å²) in [6.07, 6.45) is 5.65. The smallest absolute Gasteiger partial charge is 0.235 e. The zero-order chi connectivity index (χ0) is 16.8. The fourth-order valence-corrected chi connectivity index (χ4v) is 4.66. The summed E-state index contributed by atoms with van der Waals surface area (Å²) in [6.45, 7) is 2.13. The van der Waals surface area contributed by atoms with Gasteiger partial charge in [-0.25, -0.2) is 0 Å². The van der Waals surface area contributed by atoms with E-state index < -0.39 is 0 Å². The van der Waals surface area contributed by atoms with Crippen molar-refractivity contribution in [3.8, 4) is 17.5 Å². The van der Waals surface area contributed by atoms with Gasteiger partial charge in [0, 0.05) is 12.8 Å². The molecule has 4 aromatic heterocycles. The predicted molar refractivity (Wildman–Crippen MR) is 90.7 cm³/mol. The molecule has 0 saturated carbocycles. The summed E-state index contributed by atoms with van der Waals surface area (Å²) in [5.74, 6) is 2.06. The lowest BCUT2D eigenvalue weighted by Crippen LogP contribution is -3.10. The molecule has 8 heteroatoms. The first kappa shape index (κ1) is 14.7. The molecule has 0 radical (unpaired) electrons. The first-order chi connectivity index (χ1) is 12.3. The number of quaternary nitrogens is 1. The molecule has 128 valence electrons. The van der Waals surface area contributed by atoms with Gasteiger partial charge in [-0.05, 0) is 24.3 Å². The van der Waals surface area contributed by atoms with E-state index in [4.69, 9.17) is 8.83 Å². The van der Waals surface area contributed by atoms with Crippen LogP contribution in [0.4, 0.5) is 0 Å². The van der Waals surface area contributed by atoms with Crippen molar-refractivity contribution in [2.45, 2.75) is 18.9 Å². The number of furan rings is 2. The Kier molecular flexibility index (Phi) is 3.39. The van der Waals surface area contributed by atoms with Gasteiger partial charge in [-0.15, -0.1) is 5.10 Å². The minimum absolute atomic E-state index is 0.0296. The second kappa shape index (κ2) is 5.75. The maximum atomic E-state index is 10.8. The minimum atomic E-state index is -0.0296. The van der Waals surface area contributed by atoms with E-state index in [0.29, 0.717) is 16.5 Å². The van der Waals surface area contributed by atoms with Gasteiger partial charge in [0.1, 0.15) is 4.88 Å². The molecule has 5 heterocycles. The molecule has 2 N–H and O–H groups in total. The van der Waals surface area contributed by atoms with Crippen LogP contribution in [0.1, 0.15) is 29.5 Å². The Balaban J connectivity index is 1.60. The standard InChI is InChI=1S/C17H16N4O3S/c22-16-14(13(11-5-3-9-23-11)20-7-1-2-8-20)25-17-18-15(19-21(16)17)12-6-4-10-24-12/h3-6,9-10,13,22H,1-2,7-8H2/p+1/t13-/m0/s1. The molecule has 0 aliphatic carbocycles. The first-order valence-corrected chi connectivity index (χ1v) is 9.13. The SMILES string of the molecule is Oc1c([C@H](c2ccco2)[NH+]2CCCC2)sc2nc(-c3ccco3)nn12. The molecule has 0 amide bonds. The van der Waals surface area contributed by atoms with Crippen LogP contribution in [0, 0.1) is 0 Å². The summed E-state index contributed by atoms with van der Waals surface area (Å²) >= 11 is 1.45. The van der Waals surface area contributed by atoms with E-state index in [1.165, 1.54) is 33.6 Å². The van der Waals surface area contributed by atoms with Gasteiger partial charge >= 0.3 is 0 Å². The Morgan fingerprint density at radius 2 is 1.96 bits per heavy atom. The van der Waals surface area contributed by atoms with Gasteiger partial charge in [-0.2, -0.15) is 9.50 Å². The largest absolute Gasteiger partial charge is 0.492 e. The lowest BCUT2D eigenvalue weighted by Gasteiger charge is -2.21. The maximum absolute atomic E-state index is 10.8. The zero-order valence-electron chi connectivity index (χ0n) is 13.4. The highest BCUT2D eigenvalue weighted by Crippen LogP contribution is 2.36. The molecule has 0 spiro atoms. The molecule has 1 aliphatic rings. The van der Waals surface area contributed by atoms with Crippen molar-refractivity contribution in [2.75, 3.05) is 13.1 Å². The maximum Gasteiger partial charge on any atom is 0.235 e. The van der Waals surface area contributed by atoms with Crippen molar-refractivity contribution in [1.82, 2.24) is 14.6 Å². The van der Waals surface area contributed by atoms with Crippen LogP contribution in [-0.2, 0) is 0 Å². The van der Waals surface area contributed by atoms with E-state index in [-0.39, 0.29) is 11.9 Å². The monoisotopic (exact) mass is 357 g/mol. The number of nitrogens with one attached hydrogen (secondary N) is 1. The fraction of sp³-hybridized carbons (Fsp3) is 0.294. The average Bonchev–Trinajstić information content (AvgIpc) is 3.42. The van der Waals surface area contributed by atoms with Gasteiger partial charge in [-0.3, -0.25) is 0 Å². The van der Waals surface area contributed by atoms with Crippen molar-refractivity contribution in [3.63, 3.8) is 0 Å².